The van der Waals surface area contributed by atoms with Crippen molar-refractivity contribution in [3.63, 3.8) is 0 Å². The molecule has 0 fully saturated rings. The Labute approximate surface area is 221 Å². The number of hydrogen-bond acceptors (Lipinski definition) is 5. The molecule has 1 N–H and O–H groups in total. The van der Waals surface area contributed by atoms with Crippen molar-refractivity contribution in [1.82, 2.24) is 9.62 Å². The maximum Gasteiger partial charge on any atom is 0.262 e. The van der Waals surface area contributed by atoms with Gasteiger partial charge in [-0.1, -0.05) is 66.2 Å². The first-order valence-electron chi connectivity index (χ1n) is 11.8. The Morgan fingerprint density at radius 2 is 1.68 bits per heavy atom. The zero-order valence-electron chi connectivity index (χ0n) is 20.3. The molecular formula is C27H28ClN3O5S. The van der Waals surface area contributed by atoms with Gasteiger partial charge in [-0.2, -0.15) is 4.31 Å². The fraction of sp³-hybridized carbons (Fsp3) is 0.259. The monoisotopic (exact) mass is 541 g/mol. The molecule has 0 bridgehead atoms. The van der Waals surface area contributed by atoms with E-state index in [1.165, 1.54) is 4.90 Å². The molecule has 10 heteroatoms. The lowest BCUT2D eigenvalue weighted by Crippen LogP contribution is -2.53. The number of rotatable bonds is 9. The van der Waals surface area contributed by atoms with Crippen LogP contribution < -0.4 is 15.0 Å². The van der Waals surface area contributed by atoms with Gasteiger partial charge in [0.2, 0.25) is 15.9 Å². The lowest BCUT2D eigenvalue weighted by molar-refractivity contribution is -0.128. The largest absolute Gasteiger partial charge is 0.477 e. The Hall–Kier alpha value is -3.40. The molecule has 1 atom stereocenters. The van der Waals surface area contributed by atoms with Gasteiger partial charge in [-0.15, -0.1) is 0 Å². The number of benzene rings is 3. The number of carbonyl (C=O) groups excluding carboxylic acids is 2. The van der Waals surface area contributed by atoms with E-state index >= 15 is 0 Å². The molecule has 1 unspecified atom stereocenters. The minimum atomic E-state index is -3.71. The number of hydrogen-bond donors (Lipinski definition) is 1. The van der Waals surface area contributed by atoms with Gasteiger partial charge >= 0.3 is 0 Å². The highest BCUT2D eigenvalue weighted by Crippen LogP contribution is 2.33. The van der Waals surface area contributed by atoms with E-state index in [0.29, 0.717) is 35.0 Å². The van der Waals surface area contributed by atoms with E-state index in [1.54, 1.807) is 48.5 Å². The second-order valence-corrected chi connectivity index (χ2v) is 11.2. The van der Waals surface area contributed by atoms with Gasteiger partial charge in [0.25, 0.3) is 5.91 Å². The number of anilines is 1. The topological polar surface area (TPSA) is 96.0 Å². The number of fused-ring (bicyclic) bond motifs is 1. The molecule has 194 valence electrons. The molecule has 0 radical (unpaired) electrons. The summed E-state index contributed by atoms with van der Waals surface area (Å²) in [6.07, 6.45) is 0.788. The number of para-hydroxylation sites is 2. The molecule has 3 aromatic carbocycles. The molecule has 2 amide bonds. The van der Waals surface area contributed by atoms with Crippen LogP contribution in [-0.4, -0.2) is 56.5 Å². The fourth-order valence-corrected chi connectivity index (χ4v) is 4.87. The van der Waals surface area contributed by atoms with E-state index in [2.05, 4.69) is 5.32 Å². The third-order valence-electron chi connectivity index (χ3n) is 5.98. The first-order chi connectivity index (χ1) is 17.7. The van der Waals surface area contributed by atoms with Crippen LogP contribution in [0.4, 0.5) is 5.69 Å². The van der Waals surface area contributed by atoms with Crippen molar-refractivity contribution in [3.8, 4) is 5.75 Å². The molecule has 37 heavy (non-hydrogen) atoms. The van der Waals surface area contributed by atoms with Crippen LogP contribution in [0.5, 0.6) is 5.75 Å². The number of halogens is 1. The van der Waals surface area contributed by atoms with E-state index in [1.807, 2.05) is 30.3 Å². The van der Waals surface area contributed by atoms with Gasteiger partial charge in [0, 0.05) is 18.1 Å². The van der Waals surface area contributed by atoms with Crippen LogP contribution in [0.3, 0.4) is 0 Å². The summed E-state index contributed by atoms with van der Waals surface area (Å²) in [6, 6.07) is 23.4. The minimum absolute atomic E-state index is 0.0110. The van der Waals surface area contributed by atoms with Gasteiger partial charge in [0.05, 0.1) is 25.0 Å². The molecule has 0 spiro atoms. The van der Waals surface area contributed by atoms with Gasteiger partial charge in [-0.3, -0.25) is 9.59 Å². The van der Waals surface area contributed by atoms with Crippen LogP contribution in [0.25, 0.3) is 0 Å². The van der Waals surface area contributed by atoms with E-state index in [0.717, 1.165) is 16.1 Å². The highest BCUT2D eigenvalue weighted by molar-refractivity contribution is 7.88. The highest BCUT2D eigenvalue weighted by atomic mass is 35.5. The maximum absolute atomic E-state index is 13.4. The minimum Gasteiger partial charge on any atom is -0.477 e. The Morgan fingerprint density at radius 1 is 1.00 bits per heavy atom. The summed E-state index contributed by atoms with van der Waals surface area (Å²) in [5, 5.41) is 3.41. The quantitative estimate of drug-likeness (QED) is 0.448. The van der Waals surface area contributed by atoms with Crippen LogP contribution in [0, 0.1) is 0 Å². The molecule has 8 nitrogen and oxygen atoms in total. The Kier molecular flexibility index (Phi) is 8.48. The number of nitrogens with zero attached hydrogens (tertiary/aromatic N) is 2. The number of sulfonamides is 1. The first kappa shape index (κ1) is 26.7. The third-order valence-corrected chi connectivity index (χ3v) is 7.42. The van der Waals surface area contributed by atoms with Crippen LogP contribution in [-0.2, 0) is 32.6 Å². The molecule has 1 heterocycles. The molecule has 0 saturated carbocycles. The van der Waals surface area contributed by atoms with Crippen molar-refractivity contribution in [1.29, 1.82) is 0 Å². The molecule has 1 aliphatic rings. The SMILES string of the molecule is CS(=O)(=O)N(CC(=O)N1CC(C(=O)NCCc2ccccc2)Oc2ccccc21)Cc1ccc(Cl)cc1. The molecular weight excluding hydrogens is 514 g/mol. The Bertz CT molecular complexity index is 1350. The first-order valence-corrected chi connectivity index (χ1v) is 14.0. The smallest absolute Gasteiger partial charge is 0.262 e. The standard InChI is InChI=1S/C27H28ClN3O5S/c1-37(34,35)30(17-21-11-13-22(28)14-12-21)19-26(32)31-18-25(36-24-10-6-5-9-23(24)31)27(33)29-16-15-20-7-3-2-4-8-20/h2-14,25H,15-19H2,1H3,(H,29,33). The average Bonchev–Trinajstić information content (AvgIpc) is 2.88. The summed E-state index contributed by atoms with van der Waals surface area (Å²) in [4.78, 5) is 27.8. The molecule has 3 aromatic rings. The maximum atomic E-state index is 13.4. The average molecular weight is 542 g/mol. The predicted molar refractivity (Wildman–Crippen MR) is 143 cm³/mol. The molecule has 1 aliphatic heterocycles. The zero-order valence-corrected chi connectivity index (χ0v) is 21.9. The summed E-state index contributed by atoms with van der Waals surface area (Å²) >= 11 is 5.94. The second kappa shape index (κ2) is 11.8. The van der Waals surface area contributed by atoms with Crippen LogP contribution >= 0.6 is 11.6 Å². The summed E-state index contributed by atoms with van der Waals surface area (Å²) in [7, 11) is -3.71. The molecule has 4 rings (SSSR count). The van der Waals surface area contributed by atoms with Crippen molar-refractivity contribution in [2.45, 2.75) is 19.1 Å². The van der Waals surface area contributed by atoms with Crippen molar-refractivity contribution < 1.29 is 22.7 Å². The van der Waals surface area contributed by atoms with Gasteiger partial charge in [0.15, 0.2) is 6.10 Å². The molecule has 0 aromatic heterocycles. The highest BCUT2D eigenvalue weighted by Gasteiger charge is 2.35. The zero-order chi connectivity index (χ0) is 26.4. The van der Waals surface area contributed by atoms with Crippen LogP contribution in [0.2, 0.25) is 5.02 Å². The van der Waals surface area contributed by atoms with Gasteiger partial charge < -0.3 is 15.0 Å². The van der Waals surface area contributed by atoms with Crippen LogP contribution in [0.1, 0.15) is 11.1 Å². The van der Waals surface area contributed by atoms with E-state index in [4.69, 9.17) is 16.3 Å². The number of ether oxygens (including phenoxy) is 1. The number of carbonyl (C=O) groups is 2. The molecule has 0 saturated heterocycles. The Balaban J connectivity index is 1.47. The van der Waals surface area contributed by atoms with Crippen molar-refractivity contribution in [2.24, 2.45) is 0 Å². The number of amides is 2. The second-order valence-electron chi connectivity index (χ2n) is 8.76. The van der Waals surface area contributed by atoms with Crippen molar-refractivity contribution >= 4 is 39.1 Å². The van der Waals surface area contributed by atoms with E-state index in [-0.39, 0.29) is 19.0 Å². The number of nitrogens with one attached hydrogen (secondary N) is 1. The van der Waals surface area contributed by atoms with Gasteiger partial charge in [-0.25, -0.2) is 8.42 Å². The van der Waals surface area contributed by atoms with E-state index < -0.39 is 28.6 Å². The van der Waals surface area contributed by atoms with Crippen molar-refractivity contribution in [3.05, 3.63) is 95.0 Å². The summed E-state index contributed by atoms with van der Waals surface area (Å²) in [6.45, 7) is 0.00207. The molecule has 0 aliphatic carbocycles. The normalized spacial score (nSPS) is 15.1. The lowest BCUT2D eigenvalue weighted by atomic mass is 10.1. The summed E-state index contributed by atoms with van der Waals surface area (Å²) < 4.78 is 32.0. The van der Waals surface area contributed by atoms with Crippen LogP contribution in [0.15, 0.2) is 78.9 Å². The predicted octanol–water partition coefficient (Wildman–Crippen LogP) is 3.25. The van der Waals surface area contributed by atoms with Crippen molar-refractivity contribution in [2.75, 3.05) is 30.8 Å². The Morgan fingerprint density at radius 3 is 2.38 bits per heavy atom. The fourth-order valence-electron chi connectivity index (χ4n) is 4.02. The summed E-state index contributed by atoms with van der Waals surface area (Å²) in [5.74, 6) is -0.421. The van der Waals surface area contributed by atoms with Gasteiger partial charge in [-0.05, 0) is 41.8 Å². The van der Waals surface area contributed by atoms with Gasteiger partial charge in [0.1, 0.15) is 5.75 Å². The third kappa shape index (κ3) is 7.09. The lowest BCUT2D eigenvalue weighted by Gasteiger charge is -2.35. The summed E-state index contributed by atoms with van der Waals surface area (Å²) in [5.41, 5.74) is 2.28. The van der Waals surface area contributed by atoms with E-state index in [9.17, 15) is 18.0 Å².